The van der Waals surface area contributed by atoms with Crippen molar-refractivity contribution in [3.8, 4) is 0 Å². The summed E-state index contributed by atoms with van der Waals surface area (Å²) in [5.41, 5.74) is 8.94. The van der Waals surface area contributed by atoms with E-state index in [0.717, 1.165) is 36.7 Å². The van der Waals surface area contributed by atoms with Gasteiger partial charge in [0.15, 0.2) is 0 Å². The molecule has 2 heterocycles. The molecule has 2 aromatic heterocycles. The smallest absolute Gasteiger partial charge is 0.132 e. The lowest BCUT2D eigenvalue weighted by atomic mass is 10.0. The van der Waals surface area contributed by atoms with Gasteiger partial charge in [-0.25, -0.2) is 4.98 Å². The first kappa shape index (κ1) is 21.1. The molecule has 0 spiro atoms. The van der Waals surface area contributed by atoms with E-state index >= 15 is 0 Å². The second-order valence-corrected chi connectivity index (χ2v) is 10.1. The second kappa shape index (κ2) is 8.79. The normalized spacial score (nSPS) is 12.5. The predicted octanol–water partition coefficient (Wildman–Crippen LogP) is 6.43. The summed E-state index contributed by atoms with van der Waals surface area (Å²) in [4.78, 5) is 8.55. The Balaban J connectivity index is 1.66. The summed E-state index contributed by atoms with van der Waals surface area (Å²) in [7, 11) is 2.22. The van der Waals surface area contributed by atoms with Gasteiger partial charge >= 0.3 is 0 Å². The number of rotatable bonds is 8. The van der Waals surface area contributed by atoms with Gasteiger partial charge in [0, 0.05) is 25.9 Å². The summed E-state index contributed by atoms with van der Waals surface area (Å²) in [6.07, 6.45) is 7.12. The van der Waals surface area contributed by atoms with Crippen LogP contribution in [0.15, 0.2) is 24.3 Å². The molecule has 28 heavy (non-hydrogen) atoms. The minimum absolute atomic E-state index is 0.258. The summed E-state index contributed by atoms with van der Waals surface area (Å²) in [5, 5.41) is 2.36. The van der Waals surface area contributed by atoms with E-state index in [2.05, 4.69) is 63.9 Å². The van der Waals surface area contributed by atoms with Crippen LogP contribution in [0.1, 0.15) is 63.8 Å². The van der Waals surface area contributed by atoms with E-state index in [-0.39, 0.29) is 5.54 Å². The zero-order valence-electron chi connectivity index (χ0n) is 18.1. The molecule has 3 aromatic rings. The Morgan fingerprint density at radius 1 is 1.04 bits per heavy atom. The van der Waals surface area contributed by atoms with Crippen LogP contribution in [-0.2, 0) is 12.8 Å². The first-order chi connectivity index (χ1) is 13.3. The maximum absolute atomic E-state index is 6.28. The molecule has 152 valence electrons. The number of unbranched alkanes of at least 4 members (excludes halogenated alkanes) is 2. The Hall–Kier alpha value is -1.65. The molecule has 0 saturated heterocycles. The Morgan fingerprint density at radius 2 is 1.82 bits per heavy atom. The van der Waals surface area contributed by atoms with Crippen molar-refractivity contribution >= 4 is 38.1 Å². The molecule has 0 bridgehead atoms. The molecule has 1 aromatic carbocycles. The van der Waals surface area contributed by atoms with E-state index in [9.17, 15) is 0 Å². The molecule has 0 radical (unpaired) electrons. The molecule has 2 N–H and O–H groups in total. The van der Waals surface area contributed by atoms with E-state index in [1.807, 2.05) is 11.3 Å². The summed E-state index contributed by atoms with van der Waals surface area (Å²) in [5.74, 6) is 0.670. The van der Waals surface area contributed by atoms with Crippen LogP contribution in [0.4, 0.5) is 5.82 Å². The van der Waals surface area contributed by atoms with Crippen molar-refractivity contribution < 1.29 is 0 Å². The lowest BCUT2D eigenvalue weighted by Crippen LogP contribution is -2.38. The van der Waals surface area contributed by atoms with Gasteiger partial charge in [0.1, 0.15) is 5.82 Å². The number of aromatic nitrogens is 1. The molecule has 0 aliphatic heterocycles. The van der Waals surface area contributed by atoms with Gasteiger partial charge < -0.3 is 10.6 Å². The highest BCUT2D eigenvalue weighted by Gasteiger charge is 2.15. The Bertz CT molecular complexity index is 936. The van der Waals surface area contributed by atoms with Crippen LogP contribution < -0.4 is 5.73 Å². The van der Waals surface area contributed by atoms with Crippen LogP contribution in [0.25, 0.3) is 21.0 Å². The number of nitrogens with zero attached hydrogens (tertiary/aromatic N) is 2. The summed E-state index contributed by atoms with van der Waals surface area (Å²) in [6, 6.07) is 9.00. The van der Waals surface area contributed by atoms with Crippen molar-refractivity contribution in [1.82, 2.24) is 9.88 Å². The molecule has 0 atom stereocenters. The van der Waals surface area contributed by atoms with Crippen LogP contribution >= 0.6 is 11.3 Å². The molecule has 0 fully saturated rings. The molecule has 0 saturated carbocycles. The first-order valence-corrected chi connectivity index (χ1v) is 11.4. The molecular weight excluding hydrogens is 362 g/mol. The molecule has 3 nitrogen and oxygen atoms in total. The monoisotopic (exact) mass is 397 g/mol. The number of pyridine rings is 1. The van der Waals surface area contributed by atoms with E-state index < -0.39 is 0 Å². The van der Waals surface area contributed by atoms with Gasteiger partial charge in [-0.2, -0.15) is 0 Å². The van der Waals surface area contributed by atoms with E-state index in [1.54, 1.807) is 0 Å². The largest absolute Gasteiger partial charge is 0.383 e. The number of hydrogen-bond donors (Lipinski definition) is 1. The maximum Gasteiger partial charge on any atom is 0.132 e. The van der Waals surface area contributed by atoms with Gasteiger partial charge in [0.25, 0.3) is 0 Å². The zero-order chi connectivity index (χ0) is 20.3. The van der Waals surface area contributed by atoms with Crippen LogP contribution in [0.2, 0.25) is 0 Å². The highest BCUT2D eigenvalue weighted by molar-refractivity contribution is 7.20. The fraction of sp³-hybridized carbons (Fsp3) is 0.542. The standard InChI is InChI=1S/C24H35N3S/c1-6-10-18-16-20-22(28-18)19-13-12-17(15-21(19)26-23(20)25)11-8-7-9-14-27(5)24(2,3)4/h12-13,15-16H,6-11,14H2,1-5H3,(H2,25,26). The lowest BCUT2D eigenvalue weighted by molar-refractivity contribution is 0.172. The number of hydrogen-bond acceptors (Lipinski definition) is 4. The van der Waals surface area contributed by atoms with Crippen LogP contribution in [-0.4, -0.2) is 29.0 Å². The van der Waals surface area contributed by atoms with Gasteiger partial charge in [0.05, 0.1) is 5.52 Å². The predicted molar refractivity (Wildman–Crippen MR) is 125 cm³/mol. The van der Waals surface area contributed by atoms with Crippen molar-refractivity contribution in [1.29, 1.82) is 0 Å². The SMILES string of the molecule is CCCc1cc2c(N)nc3cc(CCCCCN(C)C(C)(C)C)ccc3c2s1. The van der Waals surface area contributed by atoms with Gasteiger partial charge in [-0.05, 0) is 77.7 Å². The first-order valence-electron chi connectivity index (χ1n) is 10.6. The van der Waals surface area contributed by atoms with Crippen LogP contribution in [0.5, 0.6) is 0 Å². The van der Waals surface area contributed by atoms with Gasteiger partial charge in [-0.15, -0.1) is 11.3 Å². The molecular formula is C24H35N3S. The number of nitrogens with two attached hydrogens (primary N) is 1. The summed E-state index contributed by atoms with van der Waals surface area (Å²) < 4.78 is 1.29. The Labute approximate surface area is 173 Å². The minimum atomic E-state index is 0.258. The zero-order valence-corrected chi connectivity index (χ0v) is 19.0. The average Bonchev–Trinajstić information content (AvgIpc) is 3.05. The third-order valence-electron chi connectivity index (χ3n) is 5.71. The molecule has 0 amide bonds. The number of aryl methyl sites for hydroxylation is 2. The molecule has 0 aliphatic carbocycles. The van der Waals surface area contributed by atoms with E-state index in [0.29, 0.717) is 5.82 Å². The van der Waals surface area contributed by atoms with Gasteiger partial charge in [-0.1, -0.05) is 31.9 Å². The molecule has 0 unspecified atom stereocenters. The summed E-state index contributed by atoms with van der Waals surface area (Å²) >= 11 is 1.88. The van der Waals surface area contributed by atoms with E-state index in [4.69, 9.17) is 10.7 Å². The van der Waals surface area contributed by atoms with Crippen molar-refractivity contribution in [2.45, 2.75) is 71.8 Å². The number of anilines is 1. The quantitative estimate of drug-likeness (QED) is 0.445. The van der Waals surface area contributed by atoms with Crippen molar-refractivity contribution in [3.63, 3.8) is 0 Å². The lowest BCUT2D eigenvalue weighted by Gasteiger charge is -2.31. The minimum Gasteiger partial charge on any atom is -0.383 e. The number of thiophene rings is 1. The van der Waals surface area contributed by atoms with Gasteiger partial charge in [0.2, 0.25) is 0 Å². The van der Waals surface area contributed by atoms with Crippen LogP contribution in [0.3, 0.4) is 0 Å². The third-order valence-corrected chi connectivity index (χ3v) is 6.94. The number of nitrogen functional groups attached to an aromatic ring is 1. The van der Waals surface area contributed by atoms with Crippen molar-refractivity contribution in [2.24, 2.45) is 0 Å². The Kier molecular flexibility index (Phi) is 6.61. The second-order valence-electron chi connectivity index (χ2n) is 8.96. The fourth-order valence-electron chi connectivity index (χ4n) is 3.60. The highest BCUT2D eigenvalue weighted by Crippen LogP contribution is 2.35. The molecule has 4 heteroatoms. The third kappa shape index (κ3) is 4.84. The maximum atomic E-state index is 6.28. The summed E-state index contributed by atoms with van der Waals surface area (Å²) in [6.45, 7) is 10.2. The number of fused-ring (bicyclic) bond motifs is 3. The van der Waals surface area contributed by atoms with Crippen LogP contribution in [0, 0.1) is 0 Å². The topological polar surface area (TPSA) is 42.1 Å². The van der Waals surface area contributed by atoms with Crippen molar-refractivity contribution in [2.75, 3.05) is 19.3 Å². The molecule has 0 aliphatic rings. The molecule has 3 rings (SSSR count). The number of benzene rings is 1. The van der Waals surface area contributed by atoms with Gasteiger partial charge in [-0.3, -0.25) is 0 Å². The van der Waals surface area contributed by atoms with E-state index in [1.165, 1.54) is 39.8 Å². The Morgan fingerprint density at radius 3 is 2.54 bits per heavy atom. The van der Waals surface area contributed by atoms with Crippen molar-refractivity contribution in [3.05, 3.63) is 34.7 Å². The average molecular weight is 398 g/mol. The highest BCUT2D eigenvalue weighted by atomic mass is 32.1. The fourth-order valence-corrected chi connectivity index (χ4v) is 4.90.